The molecule has 0 aliphatic carbocycles. The van der Waals surface area contributed by atoms with Crippen LogP contribution < -0.4 is 9.62 Å². The normalized spacial score (nSPS) is 11.8. The highest BCUT2D eigenvalue weighted by Gasteiger charge is 2.30. The van der Waals surface area contributed by atoms with Crippen LogP contribution in [0.5, 0.6) is 0 Å². The van der Waals surface area contributed by atoms with Gasteiger partial charge in [0, 0.05) is 12.7 Å². The quantitative estimate of drug-likeness (QED) is 0.591. The maximum Gasteiger partial charge on any atom is 0.416 e. The van der Waals surface area contributed by atoms with Crippen molar-refractivity contribution >= 4 is 27.3 Å². The van der Waals surface area contributed by atoms with Gasteiger partial charge in [-0.05, 0) is 55.5 Å². The minimum absolute atomic E-state index is 0.0561. The van der Waals surface area contributed by atoms with Crippen molar-refractivity contribution in [2.24, 2.45) is 0 Å². The summed E-state index contributed by atoms with van der Waals surface area (Å²) in [6.45, 7) is 1.83. The van der Waals surface area contributed by atoms with Gasteiger partial charge in [0.15, 0.2) is 0 Å². The summed E-state index contributed by atoms with van der Waals surface area (Å²) in [5.41, 5.74) is 0.401. The number of para-hydroxylation sites is 1. The van der Waals surface area contributed by atoms with Gasteiger partial charge in [-0.3, -0.25) is 9.10 Å². The van der Waals surface area contributed by atoms with E-state index in [1.165, 1.54) is 31.3 Å². The molecule has 0 aromatic heterocycles. The number of hydrogen-bond acceptors (Lipinski definition) is 3. The highest BCUT2D eigenvalue weighted by atomic mass is 32.2. The molecular formula is C22H19F3N2O3S. The maximum atomic E-state index is 13.0. The van der Waals surface area contributed by atoms with Gasteiger partial charge in [0.25, 0.3) is 15.9 Å². The van der Waals surface area contributed by atoms with Gasteiger partial charge in [-0.2, -0.15) is 13.2 Å². The van der Waals surface area contributed by atoms with E-state index in [-0.39, 0.29) is 21.8 Å². The Hall–Kier alpha value is -3.33. The summed E-state index contributed by atoms with van der Waals surface area (Å²) in [5, 5.41) is 2.50. The fourth-order valence-corrected chi connectivity index (χ4v) is 4.09. The van der Waals surface area contributed by atoms with Crippen molar-refractivity contribution in [1.82, 2.24) is 0 Å². The Balaban J connectivity index is 1.89. The summed E-state index contributed by atoms with van der Waals surface area (Å²) in [4.78, 5) is 12.8. The van der Waals surface area contributed by atoms with Gasteiger partial charge < -0.3 is 5.32 Å². The summed E-state index contributed by atoms with van der Waals surface area (Å²) < 4.78 is 65.1. The lowest BCUT2D eigenvalue weighted by atomic mass is 10.1. The molecule has 0 atom stereocenters. The smallest absolute Gasteiger partial charge is 0.322 e. The Labute approximate surface area is 178 Å². The summed E-state index contributed by atoms with van der Waals surface area (Å²) in [7, 11) is -2.60. The SMILES string of the molecule is Cc1ccc(S(=O)(=O)N(C)c2ccccc2C(=O)Nc2ccc(C(F)(F)F)cc2)cc1. The number of nitrogens with one attached hydrogen (secondary N) is 1. The first-order chi connectivity index (χ1) is 14.5. The fraction of sp³-hybridized carbons (Fsp3) is 0.136. The molecule has 0 aliphatic rings. The number of rotatable bonds is 5. The molecule has 31 heavy (non-hydrogen) atoms. The molecule has 0 saturated heterocycles. The fourth-order valence-electron chi connectivity index (χ4n) is 2.88. The van der Waals surface area contributed by atoms with Crippen molar-refractivity contribution in [3.63, 3.8) is 0 Å². The van der Waals surface area contributed by atoms with Crippen LogP contribution in [0.4, 0.5) is 24.5 Å². The van der Waals surface area contributed by atoms with E-state index >= 15 is 0 Å². The minimum Gasteiger partial charge on any atom is -0.322 e. The zero-order valence-electron chi connectivity index (χ0n) is 16.6. The van der Waals surface area contributed by atoms with Crippen molar-refractivity contribution < 1.29 is 26.4 Å². The second-order valence-electron chi connectivity index (χ2n) is 6.83. The third kappa shape index (κ3) is 4.88. The molecule has 3 rings (SSSR count). The van der Waals surface area contributed by atoms with Gasteiger partial charge in [-0.25, -0.2) is 8.42 Å². The molecule has 0 unspecified atom stereocenters. The Kier molecular flexibility index (Phi) is 6.08. The van der Waals surface area contributed by atoms with Gasteiger partial charge in [0.2, 0.25) is 0 Å². The first-order valence-corrected chi connectivity index (χ1v) is 10.6. The number of anilines is 2. The first kappa shape index (κ1) is 22.4. The van der Waals surface area contributed by atoms with Crippen LogP contribution in [-0.4, -0.2) is 21.4 Å². The van der Waals surface area contributed by atoms with Crippen LogP contribution in [0.2, 0.25) is 0 Å². The van der Waals surface area contributed by atoms with E-state index in [4.69, 9.17) is 0 Å². The van der Waals surface area contributed by atoms with Crippen LogP contribution in [0.25, 0.3) is 0 Å². The van der Waals surface area contributed by atoms with E-state index in [9.17, 15) is 26.4 Å². The highest BCUT2D eigenvalue weighted by molar-refractivity contribution is 7.92. The Bertz CT molecular complexity index is 1190. The molecule has 0 radical (unpaired) electrons. The Morgan fingerprint density at radius 1 is 0.903 bits per heavy atom. The van der Waals surface area contributed by atoms with Crippen LogP contribution in [0.15, 0.2) is 77.7 Å². The number of alkyl halides is 3. The minimum atomic E-state index is -4.48. The lowest BCUT2D eigenvalue weighted by Gasteiger charge is -2.22. The number of amides is 1. The number of benzene rings is 3. The molecule has 5 nitrogen and oxygen atoms in total. The number of halogens is 3. The summed E-state index contributed by atoms with van der Waals surface area (Å²) in [6, 6.07) is 16.4. The van der Waals surface area contributed by atoms with Crippen molar-refractivity contribution in [1.29, 1.82) is 0 Å². The van der Waals surface area contributed by atoms with Crippen LogP contribution in [0, 0.1) is 6.92 Å². The predicted molar refractivity (Wildman–Crippen MR) is 113 cm³/mol. The molecule has 0 heterocycles. The van der Waals surface area contributed by atoms with Crippen molar-refractivity contribution in [3.8, 4) is 0 Å². The number of carbonyl (C=O) groups is 1. The van der Waals surface area contributed by atoms with Crippen molar-refractivity contribution in [2.75, 3.05) is 16.7 Å². The van der Waals surface area contributed by atoms with Gasteiger partial charge in [0.1, 0.15) is 0 Å². The van der Waals surface area contributed by atoms with E-state index in [2.05, 4.69) is 5.32 Å². The Morgan fingerprint density at radius 2 is 1.48 bits per heavy atom. The molecule has 162 valence electrons. The van der Waals surface area contributed by atoms with Crippen molar-refractivity contribution in [2.45, 2.75) is 18.0 Å². The largest absolute Gasteiger partial charge is 0.416 e. The molecule has 0 spiro atoms. The second-order valence-corrected chi connectivity index (χ2v) is 8.80. The predicted octanol–water partition coefficient (Wildman–Crippen LogP) is 5.09. The molecular weight excluding hydrogens is 429 g/mol. The molecule has 1 N–H and O–H groups in total. The molecule has 0 aliphatic heterocycles. The lowest BCUT2D eigenvalue weighted by Crippen LogP contribution is -2.29. The van der Waals surface area contributed by atoms with Crippen LogP contribution in [0.3, 0.4) is 0 Å². The summed E-state index contributed by atoms with van der Waals surface area (Å²) >= 11 is 0. The zero-order valence-corrected chi connectivity index (χ0v) is 17.5. The van der Waals surface area contributed by atoms with Crippen LogP contribution in [0.1, 0.15) is 21.5 Å². The lowest BCUT2D eigenvalue weighted by molar-refractivity contribution is -0.137. The Morgan fingerprint density at radius 3 is 2.06 bits per heavy atom. The molecule has 0 saturated carbocycles. The second kappa shape index (κ2) is 8.43. The highest BCUT2D eigenvalue weighted by Crippen LogP contribution is 2.30. The van der Waals surface area contributed by atoms with Crippen LogP contribution in [-0.2, 0) is 16.2 Å². The number of aryl methyl sites for hydroxylation is 1. The molecule has 9 heteroatoms. The molecule has 1 amide bonds. The van der Waals surface area contributed by atoms with Crippen LogP contribution >= 0.6 is 0 Å². The van der Waals surface area contributed by atoms with Gasteiger partial charge >= 0.3 is 6.18 Å². The molecule has 3 aromatic carbocycles. The van der Waals surface area contributed by atoms with E-state index in [1.807, 2.05) is 6.92 Å². The third-order valence-corrected chi connectivity index (χ3v) is 6.42. The number of hydrogen-bond donors (Lipinski definition) is 1. The van der Waals surface area contributed by atoms with Gasteiger partial charge in [-0.1, -0.05) is 29.8 Å². The zero-order chi connectivity index (χ0) is 22.8. The first-order valence-electron chi connectivity index (χ1n) is 9.13. The van der Waals surface area contributed by atoms with Gasteiger partial charge in [-0.15, -0.1) is 0 Å². The average molecular weight is 448 g/mol. The maximum absolute atomic E-state index is 13.0. The monoisotopic (exact) mass is 448 g/mol. The van der Waals surface area contributed by atoms with Gasteiger partial charge in [0.05, 0.1) is 21.7 Å². The standard InChI is InChI=1S/C22H19F3N2O3S/c1-15-7-13-18(14-8-15)31(29,30)27(2)20-6-4-3-5-19(20)21(28)26-17-11-9-16(10-12-17)22(23,24)25/h3-14H,1-2H3,(H,26,28). The molecule has 0 fully saturated rings. The average Bonchev–Trinajstić information content (AvgIpc) is 2.73. The molecule has 0 bridgehead atoms. The van der Waals surface area contributed by atoms with Crippen molar-refractivity contribution in [3.05, 3.63) is 89.5 Å². The van der Waals surface area contributed by atoms with E-state index in [0.29, 0.717) is 0 Å². The molecule has 3 aromatic rings. The summed E-state index contributed by atoms with van der Waals surface area (Å²) in [6.07, 6.45) is -4.48. The number of nitrogens with zero attached hydrogens (tertiary/aromatic N) is 1. The van der Waals surface area contributed by atoms with E-state index in [0.717, 1.165) is 34.1 Å². The van der Waals surface area contributed by atoms with E-state index < -0.39 is 27.7 Å². The third-order valence-electron chi connectivity index (χ3n) is 4.64. The number of sulfonamides is 1. The van der Waals surface area contributed by atoms with E-state index in [1.54, 1.807) is 24.3 Å². The number of carbonyl (C=O) groups excluding carboxylic acids is 1. The topological polar surface area (TPSA) is 66.5 Å². The summed E-state index contributed by atoms with van der Waals surface area (Å²) in [5.74, 6) is -0.652.